The number of aryl methyl sites for hydroxylation is 2. The molecule has 1 aliphatic rings. The van der Waals surface area contributed by atoms with Crippen LogP contribution in [0, 0.1) is 6.92 Å². The molecular formula is C14H17N3O3S. The Bertz CT molecular complexity index is 637. The lowest BCUT2D eigenvalue weighted by molar-refractivity contribution is -0.0348. The Kier molecular flexibility index (Phi) is 4.03. The highest BCUT2D eigenvalue weighted by Crippen LogP contribution is 2.25. The molecular weight excluding hydrogens is 290 g/mol. The van der Waals surface area contributed by atoms with E-state index < -0.39 is 0 Å². The van der Waals surface area contributed by atoms with E-state index in [-0.39, 0.29) is 12.0 Å². The van der Waals surface area contributed by atoms with Gasteiger partial charge in [-0.2, -0.15) is 0 Å². The summed E-state index contributed by atoms with van der Waals surface area (Å²) in [5.74, 6) is 1.00. The molecule has 0 spiro atoms. The van der Waals surface area contributed by atoms with E-state index in [1.54, 1.807) is 11.8 Å². The first-order valence-corrected chi connectivity index (χ1v) is 7.84. The van der Waals surface area contributed by atoms with Crippen LogP contribution in [0.2, 0.25) is 0 Å². The summed E-state index contributed by atoms with van der Waals surface area (Å²) in [4.78, 5) is 15.3. The Hall–Kier alpha value is -1.73. The van der Waals surface area contributed by atoms with Crippen LogP contribution in [0.25, 0.3) is 0 Å². The molecule has 6 nitrogen and oxygen atoms in total. The Balaban J connectivity index is 1.75. The smallest absolute Gasteiger partial charge is 0.264 e. The molecule has 0 unspecified atom stereocenters. The Morgan fingerprint density at radius 3 is 3.10 bits per heavy atom. The minimum Gasteiger partial charge on any atom is -0.423 e. The Morgan fingerprint density at radius 2 is 2.38 bits per heavy atom. The topological polar surface area (TPSA) is 68.5 Å². The number of carbonyl (C=O) groups excluding carboxylic acids is 1. The number of aromatic nitrogens is 2. The molecule has 0 N–H and O–H groups in total. The molecule has 2 aromatic rings. The van der Waals surface area contributed by atoms with E-state index in [0.29, 0.717) is 31.5 Å². The average Bonchev–Trinajstić information content (AvgIpc) is 3.15. The fourth-order valence-corrected chi connectivity index (χ4v) is 3.33. The molecule has 0 radical (unpaired) electrons. The minimum atomic E-state index is -0.339. The molecule has 7 heteroatoms. The fourth-order valence-electron chi connectivity index (χ4n) is 2.37. The number of rotatable bonds is 3. The highest BCUT2D eigenvalue weighted by atomic mass is 32.1. The summed E-state index contributed by atoms with van der Waals surface area (Å²) in [7, 11) is 0. The van der Waals surface area contributed by atoms with Gasteiger partial charge in [-0.3, -0.25) is 4.79 Å². The summed E-state index contributed by atoms with van der Waals surface area (Å²) in [6.45, 7) is 5.30. The third-order valence-electron chi connectivity index (χ3n) is 3.49. The molecule has 1 saturated heterocycles. The van der Waals surface area contributed by atoms with Crippen LogP contribution < -0.4 is 0 Å². The molecule has 3 rings (SSSR count). The molecule has 21 heavy (non-hydrogen) atoms. The van der Waals surface area contributed by atoms with Gasteiger partial charge in [0.25, 0.3) is 5.91 Å². The number of carbonyl (C=O) groups is 1. The molecule has 0 saturated carbocycles. The zero-order valence-corrected chi connectivity index (χ0v) is 12.9. The Morgan fingerprint density at radius 1 is 1.52 bits per heavy atom. The SMILES string of the molecule is CCc1ccsc1C(=O)N1CCO[C@H](c2nnc(C)o2)C1. The second-order valence-electron chi connectivity index (χ2n) is 4.90. The van der Waals surface area contributed by atoms with Crippen LogP contribution in [-0.4, -0.2) is 40.7 Å². The molecule has 112 valence electrons. The standard InChI is InChI=1S/C14H17N3O3S/c1-3-10-4-7-21-12(10)14(18)17-5-6-19-11(8-17)13-16-15-9(2)20-13/h4,7,11H,3,5-6,8H2,1-2H3/t11-/m0/s1. The molecule has 3 heterocycles. The second kappa shape index (κ2) is 5.95. The van der Waals surface area contributed by atoms with Crippen molar-refractivity contribution in [3.8, 4) is 0 Å². The first-order chi connectivity index (χ1) is 10.2. The maximum Gasteiger partial charge on any atom is 0.264 e. The first kappa shape index (κ1) is 14.2. The van der Waals surface area contributed by atoms with Gasteiger partial charge < -0.3 is 14.1 Å². The van der Waals surface area contributed by atoms with Crippen LogP contribution in [0.3, 0.4) is 0 Å². The predicted octanol–water partition coefficient (Wildman–Crippen LogP) is 2.22. The van der Waals surface area contributed by atoms with Gasteiger partial charge in [0.2, 0.25) is 11.8 Å². The van der Waals surface area contributed by atoms with Gasteiger partial charge in [0, 0.05) is 13.5 Å². The number of hydrogen-bond acceptors (Lipinski definition) is 6. The number of morpholine rings is 1. The summed E-state index contributed by atoms with van der Waals surface area (Å²) >= 11 is 1.49. The van der Waals surface area contributed by atoms with E-state index in [1.807, 2.05) is 11.4 Å². The van der Waals surface area contributed by atoms with E-state index in [4.69, 9.17) is 9.15 Å². The molecule has 1 atom stereocenters. The van der Waals surface area contributed by atoms with Gasteiger partial charge in [-0.1, -0.05) is 6.92 Å². The van der Waals surface area contributed by atoms with E-state index in [1.165, 1.54) is 11.3 Å². The molecule has 1 fully saturated rings. The van der Waals surface area contributed by atoms with Crippen molar-refractivity contribution in [3.05, 3.63) is 33.7 Å². The third-order valence-corrected chi connectivity index (χ3v) is 4.44. The molecule has 1 aliphatic heterocycles. The Labute approximate surface area is 126 Å². The average molecular weight is 307 g/mol. The number of nitrogens with zero attached hydrogens (tertiary/aromatic N) is 3. The molecule has 1 amide bonds. The van der Waals surface area contributed by atoms with Gasteiger partial charge in [-0.15, -0.1) is 21.5 Å². The number of amides is 1. The lowest BCUT2D eigenvalue weighted by Gasteiger charge is -2.31. The highest BCUT2D eigenvalue weighted by Gasteiger charge is 2.30. The zero-order chi connectivity index (χ0) is 14.8. The van der Waals surface area contributed by atoms with Crippen molar-refractivity contribution < 1.29 is 13.9 Å². The number of thiophene rings is 1. The van der Waals surface area contributed by atoms with Gasteiger partial charge in [-0.05, 0) is 23.4 Å². The van der Waals surface area contributed by atoms with Gasteiger partial charge >= 0.3 is 0 Å². The highest BCUT2D eigenvalue weighted by molar-refractivity contribution is 7.12. The summed E-state index contributed by atoms with van der Waals surface area (Å²) in [5.41, 5.74) is 1.10. The molecule has 0 aromatic carbocycles. The van der Waals surface area contributed by atoms with Crippen molar-refractivity contribution in [2.75, 3.05) is 19.7 Å². The van der Waals surface area contributed by atoms with Gasteiger partial charge in [-0.25, -0.2) is 0 Å². The van der Waals surface area contributed by atoms with Crippen LogP contribution in [-0.2, 0) is 11.2 Å². The lowest BCUT2D eigenvalue weighted by Crippen LogP contribution is -2.42. The minimum absolute atomic E-state index is 0.0615. The van der Waals surface area contributed by atoms with E-state index >= 15 is 0 Å². The van der Waals surface area contributed by atoms with Crippen molar-refractivity contribution in [3.63, 3.8) is 0 Å². The van der Waals surface area contributed by atoms with Crippen molar-refractivity contribution in [1.29, 1.82) is 0 Å². The van der Waals surface area contributed by atoms with Gasteiger partial charge in [0.05, 0.1) is 18.0 Å². The third kappa shape index (κ3) is 2.84. The van der Waals surface area contributed by atoms with Crippen molar-refractivity contribution in [2.24, 2.45) is 0 Å². The fraction of sp³-hybridized carbons (Fsp3) is 0.500. The van der Waals surface area contributed by atoms with Crippen molar-refractivity contribution in [1.82, 2.24) is 15.1 Å². The number of hydrogen-bond donors (Lipinski definition) is 0. The summed E-state index contributed by atoms with van der Waals surface area (Å²) in [6, 6.07) is 2.01. The van der Waals surface area contributed by atoms with Crippen LogP contribution in [0.1, 0.15) is 40.0 Å². The maximum absolute atomic E-state index is 12.6. The number of ether oxygens (including phenoxy) is 1. The largest absolute Gasteiger partial charge is 0.423 e. The monoisotopic (exact) mass is 307 g/mol. The van der Waals surface area contributed by atoms with Crippen LogP contribution in [0.4, 0.5) is 0 Å². The van der Waals surface area contributed by atoms with Crippen LogP contribution >= 0.6 is 11.3 Å². The second-order valence-corrected chi connectivity index (χ2v) is 5.81. The van der Waals surface area contributed by atoms with Crippen molar-refractivity contribution in [2.45, 2.75) is 26.4 Å². The van der Waals surface area contributed by atoms with Gasteiger partial charge in [0.15, 0.2) is 6.10 Å². The summed E-state index contributed by atoms with van der Waals surface area (Å²) in [6.07, 6.45) is 0.523. The normalized spacial score (nSPS) is 19.0. The van der Waals surface area contributed by atoms with Crippen LogP contribution in [0.15, 0.2) is 15.9 Å². The maximum atomic E-state index is 12.6. The first-order valence-electron chi connectivity index (χ1n) is 6.96. The molecule has 0 aliphatic carbocycles. The molecule has 0 bridgehead atoms. The van der Waals surface area contributed by atoms with E-state index in [9.17, 15) is 4.79 Å². The summed E-state index contributed by atoms with van der Waals surface area (Å²) in [5, 5.41) is 9.76. The zero-order valence-electron chi connectivity index (χ0n) is 12.0. The predicted molar refractivity (Wildman–Crippen MR) is 77.3 cm³/mol. The van der Waals surface area contributed by atoms with Crippen molar-refractivity contribution >= 4 is 17.2 Å². The van der Waals surface area contributed by atoms with Gasteiger partial charge in [0.1, 0.15) is 0 Å². The van der Waals surface area contributed by atoms with E-state index in [2.05, 4.69) is 17.1 Å². The summed E-state index contributed by atoms with van der Waals surface area (Å²) < 4.78 is 11.0. The molecule has 2 aromatic heterocycles. The quantitative estimate of drug-likeness (QED) is 0.869. The lowest BCUT2D eigenvalue weighted by atomic mass is 10.2. The van der Waals surface area contributed by atoms with Crippen LogP contribution in [0.5, 0.6) is 0 Å². The van der Waals surface area contributed by atoms with E-state index in [0.717, 1.165) is 16.9 Å².